The van der Waals surface area contributed by atoms with Gasteiger partial charge in [0.2, 0.25) is 11.7 Å². The molecule has 1 aliphatic rings. The molecule has 5 rings (SSSR count). The molecule has 0 aromatic carbocycles. The second-order valence-corrected chi connectivity index (χ2v) is 6.77. The van der Waals surface area contributed by atoms with Crippen molar-refractivity contribution >= 4 is 17.2 Å². The highest BCUT2D eigenvalue weighted by Gasteiger charge is 2.20. The van der Waals surface area contributed by atoms with Crippen LogP contribution in [0.1, 0.15) is 25.7 Å². The molecule has 8 heteroatoms. The fourth-order valence-corrected chi connectivity index (χ4v) is 3.57. The molecule has 8 nitrogen and oxygen atoms in total. The predicted molar refractivity (Wildman–Crippen MR) is 96.9 cm³/mol. The van der Waals surface area contributed by atoms with E-state index in [0.29, 0.717) is 17.8 Å². The molecule has 0 radical (unpaired) electrons. The number of hydrogen-bond donors (Lipinski definition) is 2. The minimum atomic E-state index is -0.162. The van der Waals surface area contributed by atoms with Gasteiger partial charge in [0.25, 0.3) is 0 Å². The van der Waals surface area contributed by atoms with E-state index in [2.05, 4.69) is 25.4 Å². The lowest BCUT2D eigenvalue weighted by Gasteiger charge is -2.26. The molecule has 4 aromatic heterocycles. The van der Waals surface area contributed by atoms with Crippen LogP contribution in [0.5, 0.6) is 0 Å². The summed E-state index contributed by atoms with van der Waals surface area (Å²) < 4.78 is 3.73. The van der Waals surface area contributed by atoms with E-state index in [4.69, 9.17) is 0 Å². The molecule has 1 aliphatic carbocycles. The van der Waals surface area contributed by atoms with Crippen molar-refractivity contribution < 1.29 is 5.11 Å². The molecule has 4 aromatic rings. The van der Waals surface area contributed by atoms with Gasteiger partial charge in [-0.1, -0.05) is 0 Å². The minimum absolute atomic E-state index is 0.162. The molecule has 0 aliphatic heterocycles. The van der Waals surface area contributed by atoms with Gasteiger partial charge in [-0.05, 0) is 31.7 Å². The van der Waals surface area contributed by atoms with Gasteiger partial charge in [-0.25, -0.2) is 19.5 Å². The number of imidazole rings is 1. The summed E-state index contributed by atoms with van der Waals surface area (Å²) in [5, 5.41) is 17.6. The summed E-state index contributed by atoms with van der Waals surface area (Å²) in [5.41, 5.74) is 2.94. The highest BCUT2D eigenvalue weighted by molar-refractivity contribution is 5.79. The van der Waals surface area contributed by atoms with E-state index in [1.165, 1.54) is 0 Å². The number of nitrogens with zero attached hydrogens (tertiary/aromatic N) is 6. The normalized spacial score (nSPS) is 20.7. The summed E-state index contributed by atoms with van der Waals surface area (Å²) in [6.07, 6.45) is 14.6. The average molecular weight is 349 g/mol. The zero-order chi connectivity index (χ0) is 17.5. The van der Waals surface area contributed by atoms with Crippen LogP contribution in [0.15, 0.2) is 43.2 Å². The van der Waals surface area contributed by atoms with Gasteiger partial charge < -0.3 is 10.4 Å². The third-order valence-corrected chi connectivity index (χ3v) is 5.00. The molecule has 0 saturated heterocycles. The van der Waals surface area contributed by atoms with Crippen LogP contribution in [0.3, 0.4) is 0 Å². The number of aliphatic hydroxyl groups excluding tert-OH is 1. The Morgan fingerprint density at radius 1 is 1.04 bits per heavy atom. The lowest BCUT2D eigenvalue weighted by Crippen LogP contribution is -2.29. The zero-order valence-corrected chi connectivity index (χ0v) is 14.2. The van der Waals surface area contributed by atoms with Gasteiger partial charge in [-0.15, -0.1) is 5.10 Å². The van der Waals surface area contributed by atoms with E-state index in [9.17, 15) is 5.11 Å². The summed E-state index contributed by atoms with van der Waals surface area (Å²) in [5.74, 6) is 1.29. The van der Waals surface area contributed by atoms with Gasteiger partial charge in [0, 0.05) is 48.2 Å². The Morgan fingerprint density at radius 2 is 1.92 bits per heavy atom. The number of hydrogen-bond acceptors (Lipinski definition) is 6. The number of rotatable bonds is 3. The third-order valence-electron chi connectivity index (χ3n) is 5.00. The van der Waals surface area contributed by atoms with E-state index < -0.39 is 0 Å². The first-order chi connectivity index (χ1) is 12.8. The van der Waals surface area contributed by atoms with Crippen LogP contribution in [-0.4, -0.2) is 46.2 Å². The number of fused-ring (bicyclic) bond motifs is 2. The van der Waals surface area contributed by atoms with Crippen LogP contribution in [0.4, 0.5) is 5.95 Å². The largest absolute Gasteiger partial charge is 0.393 e. The molecule has 0 amide bonds. The second-order valence-electron chi connectivity index (χ2n) is 6.77. The van der Waals surface area contributed by atoms with Crippen molar-refractivity contribution in [3.05, 3.63) is 43.2 Å². The summed E-state index contributed by atoms with van der Waals surface area (Å²) in [6, 6.07) is 2.34. The summed E-state index contributed by atoms with van der Waals surface area (Å²) in [4.78, 5) is 13.0. The van der Waals surface area contributed by atoms with Gasteiger partial charge >= 0.3 is 0 Å². The van der Waals surface area contributed by atoms with E-state index in [1.807, 2.05) is 46.0 Å². The zero-order valence-electron chi connectivity index (χ0n) is 14.2. The van der Waals surface area contributed by atoms with Crippen molar-refractivity contribution in [2.45, 2.75) is 37.8 Å². The lowest BCUT2D eigenvalue weighted by atomic mass is 9.93. The Hall–Kier alpha value is -3.00. The molecule has 0 spiro atoms. The first-order valence-corrected chi connectivity index (χ1v) is 8.84. The molecule has 0 bridgehead atoms. The Kier molecular flexibility index (Phi) is 3.56. The Bertz CT molecular complexity index is 1060. The molecule has 4 heterocycles. The lowest BCUT2D eigenvalue weighted by molar-refractivity contribution is 0.126. The maximum absolute atomic E-state index is 9.62. The van der Waals surface area contributed by atoms with Crippen molar-refractivity contribution in [1.29, 1.82) is 0 Å². The van der Waals surface area contributed by atoms with Crippen molar-refractivity contribution in [2.24, 2.45) is 0 Å². The highest BCUT2D eigenvalue weighted by atomic mass is 16.3. The molecular formula is C18H19N7O. The summed E-state index contributed by atoms with van der Waals surface area (Å²) in [7, 11) is 0. The van der Waals surface area contributed by atoms with Crippen LogP contribution in [0, 0.1) is 0 Å². The topological polar surface area (TPSA) is 92.6 Å². The van der Waals surface area contributed by atoms with Gasteiger partial charge in [-0.3, -0.25) is 4.40 Å². The van der Waals surface area contributed by atoms with E-state index in [1.54, 1.807) is 6.20 Å². The van der Waals surface area contributed by atoms with E-state index in [0.717, 1.165) is 42.3 Å². The number of anilines is 1. The third kappa shape index (κ3) is 2.68. The second kappa shape index (κ2) is 6.06. The summed E-state index contributed by atoms with van der Waals surface area (Å²) in [6.45, 7) is 0. The van der Waals surface area contributed by atoms with Crippen molar-refractivity contribution in [3.8, 4) is 11.1 Å². The fraction of sp³-hybridized carbons (Fsp3) is 0.333. The SMILES string of the molecule is O[C@H]1CC[C@@H](Nc2ncc3c(-c4cnc5nccn5c4)ccn3n2)CC1. The highest BCUT2D eigenvalue weighted by Crippen LogP contribution is 2.25. The smallest absolute Gasteiger partial charge is 0.241 e. The Morgan fingerprint density at radius 3 is 2.81 bits per heavy atom. The van der Waals surface area contributed by atoms with Gasteiger partial charge in [0.15, 0.2) is 0 Å². The maximum atomic E-state index is 9.62. The van der Waals surface area contributed by atoms with Crippen LogP contribution >= 0.6 is 0 Å². The molecule has 1 saturated carbocycles. The first kappa shape index (κ1) is 15.3. The minimum Gasteiger partial charge on any atom is -0.393 e. The first-order valence-electron chi connectivity index (χ1n) is 8.84. The quantitative estimate of drug-likeness (QED) is 0.589. The fourth-order valence-electron chi connectivity index (χ4n) is 3.57. The number of aromatic nitrogens is 6. The van der Waals surface area contributed by atoms with E-state index >= 15 is 0 Å². The number of nitrogens with one attached hydrogen (secondary N) is 1. The standard InChI is InChI=1S/C18H19N7O/c26-14-3-1-13(2-4-14)22-17-20-10-16-15(5-7-25(16)23-17)12-9-21-18-19-6-8-24(18)11-12/h5-11,13-14,26H,1-4H2,(H,22,23)/t13-,14+. The van der Waals surface area contributed by atoms with Crippen LogP contribution in [0.2, 0.25) is 0 Å². The van der Waals surface area contributed by atoms with Gasteiger partial charge in [-0.2, -0.15) is 0 Å². The molecule has 2 N–H and O–H groups in total. The Balaban J connectivity index is 1.44. The predicted octanol–water partition coefficient (Wildman–Crippen LogP) is 2.15. The van der Waals surface area contributed by atoms with Crippen LogP contribution in [-0.2, 0) is 0 Å². The van der Waals surface area contributed by atoms with Crippen LogP contribution < -0.4 is 5.32 Å². The molecule has 26 heavy (non-hydrogen) atoms. The maximum Gasteiger partial charge on any atom is 0.241 e. The average Bonchev–Trinajstić information content (AvgIpc) is 3.29. The van der Waals surface area contributed by atoms with Crippen molar-refractivity contribution in [2.75, 3.05) is 5.32 Å². The molecule has 1 fully saturated rings. The monoisotopic (exact) mass is 349 g/mol. The molecule has 0 atom stereocenters. The van der Waals surface area contributed by atoms with E-state index in [-0.39, 0.29) is 6.10 Å². The van der Waals surface area contributed by atoms with Gasteiger partial charge in [0.05, 0.1) is 17.8 Å². The Labute approximate surface area is 149 Å². The van der Waals surface area contributed by atoms with Crippen LogP contribution in [0.25, 0.3) is 22.4 Å². The summed E-state index contributed by atoms with van der Waals surface area (Å²) >= 11 is 0. The van der Waals surface area contributed by atoms with Crippen molar-refractivity contribution in [1.82, 2.24) is 29.0 Å². The number of aliphatic hydroxyl groups is 1. The molecule has 132 valence electrons. The molecular weight excluding hydrogens is 330 g/mol. The van der Waals surface area contributed by atoms with Crippen molar-refractivity contribution in [3.63, 3.8) is 0 Å². The molecule has 0 unspecified atom stereocenters. The van der Waals surface area contributed by atoms with Gasteiger partial charge in [0.1, 0.15) is 0 Å².